The summed E-state index contributed by atoms with van der Waals surface area (Å²) in [4.78, 5) is 37.1. The first-order chi connectivity index (χ1) is 13.4. The molecule has 0 fully saturated rings. The van der Waals surface area contributed by atoms with E-state index in [1.165, 1.54) is 17.0 Å². The highest BCUT2D eigenvalue weighted by Crippen LogP contribution is 2.36. The molecular formula is C19H22FN3O5. The predicted octanol–water partition coefficient (Wildman–Crippen LogP) is 2.72. The molecule has 0 aliphatic carbocycles. The summed E-state index contributed by atoms with van der Waals surface area (Å²) in [6.45, 7) is 7.20. The number of nitrogens with one attached hydrogen (secondary N) is 2. The zero-order chi connectivity index (χ0) is 20.7. The molecule has 28 heavy (non-hydrogen) atoms. The molecule has 150 valence electrons. The van der Waals surface area contributed by atoms with Gasteiger partial charge in [-0.3, -0.25) is 14.9 Å². The number of carbonyl (C=O) groups is 3. The van der Waals surface area contributed by atoms with Crippen molar-refractivity contribution in [1.82, 2.24) is 5.32 Å². The summed E-state index contributed by atoms with van der Waals surface area (Å²) in [6.07, 6.45) is 2.35. The number of halogens is 1. The number of rotatable bonds is 7. The maximum absolute atomic E-state index is 14.3. The molecule has 0 radical (unpaired) electrons. The minimum atomic E-state index is -0.718. The molecule has 9 heteroatoms. The van der Waals surface area contributed by atoms with E-state index in [1.54, 1.807) is 13.8 Å². The predicted molar refractivity (Wildman–Crippen MR) is 102 cm³/mol. The van der Waals surface area contributed by atoms with Crippen molar-refractivity contribution in [2.45, 2.75) is 20.3 Å². The third kappa shape index (κ3) is 5.09. The minimum Gasteiger partial charge on any atom is -0.481 e. The van der Waals surface area contributed by atoms with E-state index in [-0.39, 0.29) is 37.1 Å². The topological polar surface area (TPSA) is 97.0 Å². The number of nitrogens with zero attached hydrogens (tertiary/aromatic N) is 1. The lowest BCUT2D eigenvalue weighted by Gasteiger charge is -2.29. The van der Waals surface area contributed by atoms with E-state index in [0.717, 1.165) is 12.1 Å². The lowest BCUT2D eigenvalue weighted by Crippen LogP contribution is -2.39. The van der Waals surface area contributed by atoms with Gasteiger partial charge < -0.3 is 19.7 Å². The van der Waals surface area contributed by atoms with Crippen molar-refractivity contribution in [2.75, 3.05) is 30.0 Å². The Morgan fingerprint density at radius 1 is 1.39 bits per heavy atom. The average Bonchev–Trinajstić information content (AvgIpc) is 2.65. The van der Waals surface area contributed by atoms with Gasteiger partial charge in [-0.05, 0) is 19.4 Å². The van der Waals surface area contributed by atoms with Gasteiger partial charge in [0.2, 0.25) is 5.91 Å². The van der Waals surface area contributed by atoms with E-state index in [2.05, 4.69) is 17.2 Å². The first-order valence-electron chi connectivity index (χ1n) is 8.72. The van der Waals surface area contributed by atoms with E-state index >= 15 is 0 Å². The molecular weight excluding hydrogens is 369 g/mol. The Morgan fingerprint density at radius 3 is 2.79 bits per heavy atom. The van der Waals surface area contributed by atoms with Gasteiger partial charge in [0, 0.05) is 24.4 Å². The van der Waals surface area contributed by atoms with Crippen LogP contribution in [0.3, 0.4) is 0 Å². The van der Waals surface area contributed by atoms with Gasteiger partial charge in [0.15, 0.2) is 12.4 Å². The third-order valence-corrected chi connectivity index (χ3v) is 3.79. The molecule has 0 saturated heterocycles. The van der Waals surface area contributed by atoms with Crippen LogP contribution in [0.25, 0.3) is 0 Å². The third-order valence-electron chi connectivity index (χ3n) is 3.79. The second-order valence-corrected chi connectivity index (χ2v) is 5.74. The molecule has 1 heterocycles. The number of fused-ring (bicyclic) bond motifs is 1. The normalized spacial score (nSPS) is 13.3. The second-order valence-electron chi connectivity index (χ2n) is 5.74. The molecule has 8 nitrogen and oxygen atoms in total. The minimum absolute atomic E-state index is 0.126. The van der Waals surface area contributed by atoms with Crippen LogP contribution in [0.4, 0.5) is 20.6 Å². The summed E-state index contributed by atoms with van der Waals surface area (Å²) in [7, 11) is 0. The van der Waals surface area contributed by atoms with Gasteiger partial charge in [-0.25, -0.2) is 9.18 Å². The number of hydrogen-bond acceptors (Lipinski definition) is 5. The van der Waals surface area contributed by atoms with Crippen LogP contribution in [0.1, 0.15) is 20.3 Å². The first kappa shape index (κ1) is 20.9. The number of alkyl carbamates (subject to hydrolysis) is 1. The Bertz CT molecular complexity index is 822. The quantitative estimate of drug-likeness (QED) is 0.550. The molecule has 0 atom stereocenters. The molecule has 0 spiro atoms. The molecule has 0 saturated carbocycles. The van der Waals surface area contributed by atoms with Gasteiger partial charge >= 0.3 is 6.09 Å². The van der Waals surface area contributed by atoms with Crippen molar-refractivity contribution in [1.29, 1.82) is 0 Å². The highest BCUT2D eigenvalue weighted by Gasteiger charge is 2.26. The van der Waals surface area contributed by atoms with Crippen LogP contribution in [-0.4, -0.2) is 37.7 Å². The maximum Gasteiger partial charge on any atom is 0.411 e. The van der Waals surface area contributed by atoms with Gasteiger partial charge in [0.25, 0.3) is 5.91 Å². The van der Waals surface area contributed by atoms with Crippen LogP contribution in [0, 0.1) is 5.82 Å². The molecule has 2 N–H and O–H groups in total. The zero-order valence-corrected chi connectivity index (χ0v) is 15.7. The number of allylic oxidation sites excluding steroid dienone is 1. The van der Waals surface area contributed by atoms with Crippen LogP contribution in [0.2, 0.25) is 0 Å². The standard InChI is InChI=1S/C19H22FN3O5/c1-4-7-23-15-10-14(13(20)9-16(15)28-11-18(23)25)22-17(24)8-12(5-2)21-19(26)27-6-3/h4,8-10H,1,5-7,11H2,2-3H3,(H,21,26)(H,22,24)/b12-8-. The first-order valence-corrected chi connectivity index (χ1v) is 8.72. The smallest absolute Gasteiger partial charge is 0.411 e. The molecule has 0 unspecified atom stereocenters. The van der Waals surface area contributed by atoms with Crippen LogP contribution < -0.4 is 20.3 Å². The fraction of sp³-hybridized carbons (Fsp3) is 0.316. The maximum atomic E-state index is 14.3. The lowest BCUT2D eigenvalue weighted by atomic mass is 10.2. The van der Waals surface area contributed by atoms with Gasteiger partial charge in [-0.1, -0.05) is 13.0 Å². The van der Waals surface area contributed by atoms with Gasteiger partial charge in [0.05, 0.1) is 18.0 Å². The summed E-state index contributed by atoms with van der Waals surface area (Å²) in [6, 6.07) is 2.43. The molecule has 1 aromatic carbocycles. The van der Waals surface area contributed by atoms with Crippen molar-refractivity contribution in [3.63, 3.8) is 0 Å². The van der Waals surface area contributed by atoms with Gasteiger partial charge in [-0.2, -0.15) is 0 Å². The summed E-state index contributed by atoms with van der Waals surface area (Å²) < 4.78 is 24.4. The Kier molecular flexibility index (Phi) is 7.14. The van der Waals surface area contributed by atoms with Crippen molar-refractivity contribution in [2.24, 2.45) is 0 Å². The number of benzene rings is 1. The van der Waals surface area contributed by atoms with Crippen molar-refractivity contribution in [3.05, 3.63) is 42.4 Å². The molecule has 1 aliphatic heterocycles. The van der Waals surface area contributed by atoms with Gasteiger partial charge in [0.1, 0.15) is 5.75 Å². The Hall–Kier alpha value is -3.36. The number of carbonyl (C=O) groups excluding carboxylic acids is 3. The van der Waals surface area contributed by atoms with Crippen LogP contribution in [0.15, 0.2) is 36.6 Å². The number of anilines is 2. The monoisotopic (exact) mass is 391 g/mol. The van der Waals surface area contributed by atoms with Crippen LogP contribution in [-0.2, 0) is 14.3 Å². The molecule has 1 aliphatic rings. The zero-order valence-electron chi connectivity index (χ0n) is 15.7. The SMILES string of the molecule is C=CCN1C(=O)COc2cc(F)c(NC(=O)/C=C(/CC)NC(=O)OCC)cc21. The van der Waals surface area contributed by atoms with E-state index in [1.807, 2.05) is 0 Å². The van der Waals surface area contributed by atoms with E-state index < -0.39 is 17.8 Å². The van der Waals surface area contributed by atoms with Gasteiger partial charge in [-0.15, -0.1) is 6.58 Å². The summed E-state index contributed by atoms with van der Waals surface area (Å²) in [5.41, 5.74) is 0.511. The van der Waals surface area contributed by atoms with Crippen LogP contribution >= 0.6 is 0 Å². The average molecular weight is 391 g/mol. The molecule has 0 aromatic heterocycles. The fourth-order valence-corrected chi connectivity index (χ4v) is 2.50. The lowest BCUT2D eigenvalue weighted by molar-refractivity contribution is -0.121. The van der Waals surface area contributed by atoms with Crippen molar-refractivity contribution >= 4 is 29.3 Å². The number of amides is 3. The molecule has 0 bridgehead atoms. The number of hydrogen-bond donors (Lipinski definition) is 2. The summed E-state index contributed by atoms with van der Waals surface area (Å²) >= 11 is 0. The highest BCUT2D eigenvalue weighted by atomic mass is 19.1. The van der Waals surface area contributed by atoms with Crippen LogP contribution in [0.5, 0.6) is 5.75 Å². The summed E-state index contributed by atoms with van der Waals surface area (Å²) in [5, 5.41) is 4.85. The Morgan fingerprint density at radius 2 is 2.14 bits per heavy atom. The molecule has 1 aromatic rings. The van der Waals surface area contributed by atoms with Crippen molar-refractivity contribution in [3.8, 4) is 5.75 Å². The summed E-state index contributed by atoms with van der Waals surface area (Å²) in [5.74, 6) is -1.47. The molecule has 2 rings (SSSR count). The van der Waals surface area contributed by atoms with E-state index in [4.69, 9.17) is 9.47 Å². The second kappa shape index (κ2) is 9.54. The fourth-order valence-electron chi connectivity index (χ4n) is 2.50. The Labute approximate surface area is 162 Å². The Balaban J connectivity index is 2.22. The highest BCUT2D eigenvalue weighted by molar-refractivity contribution is 6.02. The number of ether oxygens (including phenoxy) is 2. The molecule has 3 amide bonds. The van der Waals surface area contributed by atoms with E-state index in [9.17, 15) is 18.8 Å². The largest absolute Gasteiger partial charge is 0.481 e. The van der Waals surface area contributed by atoms with E-state index in [0.29, 0.717) is 17.8 Å². The van der Waals surface area contributed by atoms with Crippen molar-refractivity contribution < 1.29 is 28.2 Å².